The van der Waals surface area contributed by atoms with Crippen molar-refractivity contribution in [3.05, 3.63) is 46.5 Å². The predicted octanol–water partition coefficient (Wildman–Crippen LogP) is 2.92. The molecule has 2 fully saturated rings. The average molecular weight is 357 g/mol. The first-order valence-corrected chi connectivity index (χ1v) is 9.68. The van der Waals surface area contributed by atoms with Crippen LogP contribution in [0.2, 0.25) is 0 Å². The quantitative estimate of drug-likeness (QED) is 0.847. The molecule has 5 nitrogen and oxygen atoms in total. The zero-order valence-corrected chi connectivity index (χ0v) is 15.3. The number of nitrogens with zero attached hydrogens (tertiary/aromatic N) is 3. The lowest BCUT2D eigenvalue weighted by Gasteiger charge is -2.26. The van der Waals surface area contributed by atoms with Crippen LogP contribution in [0.3, 0.4) is 0 Å². The van der Waals surface area contributed by atoms with Gasteiger partial charge in [0.05, 0.1) is 18.9 Å². The van der Waals surface area contributed by atoms with E-state index in [9.17, 15) is 4.79 Å². The summed E-state index contributed by atoms with van der Waals surface area (Å²) >= 11 is 1.53. The lowest BCUT2D eigenvalue weighted by atomic mass is 9.99. The Hall–Kier alpha value is -1.92. The Bertz CT molecular complexity index is 740. The van der Waals surface area contributed by atoms with Gasteiger partial charge in [-0.3, -0.25) is 4.79 Å². The molecule has 0 spiro atoms. The van der Waals surface area contributed by atoms with E-state index in [1.54, 1.807) is 0 Å². The Kier molecular flexibility index (Phi) is 4.72. The van der Waals surface area contributed by atoms with Crippen LogP contribution in [-0.2, 0) is 4.74 Å². The van der Waals surface area contributed by atoms with E-state index in [4.69, 9.17) is 4.74 Å². The summed E-state index contributed by atoms with van der Waals surface area (Å²) in [5, 5.41) is 0.947. The van der Waals surface area contributed by atoms with Gasteiger partial charge < -0.3 is 14.5 Å². The molecule has 0 aliphatic carbocycles. The lowest BCUT2D eigenvalue weighted by molar-refractivity contribution is 0.0794. The Morgan fingerprint density at radius 3 is 2.72 bits per heavy atom. The van der Waals surface area contributed by atoms with Gasteiger partial charge in [-0.05, 0) is 18.9 Å². The summed E-state index contributed by atoms with van der Waals surface area (Å²) in [5.74, 6) is 0.574. The molecule has 25 heavy (non-hydrogen) atoms. The van der Waals surface area contributed by atoms with Crippen LogP contribution in [0.4, 0.5) is 5.13 Å². The van der Waals surface area contributed by atoms with E-state index in [0.717, 1.165) is 61.5 Å². The maximum absolute atomic E-state index is 13.0. The Morgan fingerprint density at radius 1 is 1.20 bits per heavy atom. The minimum absolute atomic E-state index is 0.132. The number of aromatic nitrogens is 1. The molecule has 0 saturated carbocycles. The molecule has 2 aliphatic rings. The number of thiazole rings is 1. The number of carbonyl (C=O) groups is 1. The Labute approximate surface area is 152 Å². The highest BCUT2D eigenvalue weighted by Gasteiger charge is 2.30. The second-order valence-corrected chi connectivity index (χ2v) is 7.64. The molecule has 1 amide bonds. The highest BCUT2D eigenvalue weighted by atomic mass is 32.1. The number of morpholine rings is 1. The van der Waals surface area contributed by atoms with Gasteiger partial charge in [0.2, 0.25) is 0 Å². The lowest BCUT2D eigenvalue weighted by Crippen LogP contribution is -2.36. The summed E-state index contributed by atoms with van der Waals surface area (Å²) in [4.78, 5) is 22.6. The molecule has 4 rings (SSSR count). The standard InChI is InChI=1S/C19H23N3O2S/c1-14-17(25-19(20-14)21-9-11-24-12-10-21)18(23)22-8-7-16(13-22)15-5-3-2-4-6-15/h2-6,16H,7-13H2,1H3. The number of rotatable bonds is 3. The van der Waals surface area contributed by atoms with Gasteiger partial charge in [0.1, 0.15) is 4.88 Å². The van der Waals surface area contributed by atoms with E-state index in [1.165, 1.54) is 16.9 Å². The molecular weight excluding hydrogens is 334 g/mol. The van der Waals surface area contributed by atoms with Crippen molar-refractivity contribution in [1.82, 2.24) is 9.88 Å². The van der Waals surface area contributed by atoms with E-state index in [1.807, 2.05) is 17.9 Å². The predicted molar refractivity (Wildman–Crippen MR) is 99.6 cm³/mol. The van der Waals surface area contributed by atoms with Crippen LogP contribution in [0.5, 0.6) is 0 Å². The summed E-state index contributed by atoms with van der Waals surface area (Å²) in [6, 6.07) is 10.5. The van der Waals surface area contributed by atoms with Crippen molar-refractivity contribution in [2.75, 3.05) is 44.3 Å². The number of carbonyl (C=O) groups excluding carboxylic acids is 1. The molecule has 2 aliphatic heterocycles. The Morgan fingerprint density at radius 2 is 1.96 bits per heavy atom. The molecule has 1 aromatic carbocycles. The van der Waals surface area contributed by atoms with Gasteiger partial charge in [0, 0.05) is 32.1 Å². The zero-order valence-electron chi connectivity index (χ0n) is 14.5. The zero-order chi connectivity index (χ0) is 17.2. The molecule has 132 valence electrons. The average Bonchev–Trinajstić information content (AvgIpc) is 3.30. The van der Waals surface area contributed by atoms with Crippen LogP contribution in [0, 0.1) is 6.92 Å². The topological polar surface area (TPSA) is 45.7 Å². The summed E-state index contributed by atoms with van der Waals surface area (Å²) in [6.07, 6.45) is 1.03. The monoisotopic (exact) mass is 357 g/mol. The number of benzene rings is 1. The largest absolute Gasteiger partial charge is 0.378 e. The number of amides is 1. The number of anilines is 1. The van der Waals surface area contributed by atoms with E-state index in [2.05, 4.69) is 34.1 Å². The van der Waals surface area contributed by atoms with Gasteiger partial charge in [-0.25, -0.2) is 4.98 Å². The molecule has 1 atom stereocenters. The van der Waals surface area contributed by atoms with Crippen molar-refractivity contribution in [2.24, 2.45) is 0 Å². The molecule has 2 aromatic rings. The highest BCUT2D eigenvalue weighted by molar-refractivity contribution is 7.17. The van der Waals surface area contributed by atoms with E-state index < -0.39 is 0 Å². The first-order chi connectivity index (χ1) is 12.2. The van der Waals surface area contributed by atoms with E-state index >= 15 is 0 Å². The van der Waals surface area contributed by atoms with Crippen molar-refractivity contribution < 1.29 is 9.53 Å². The minimum Gasteiger partial charge on any atom is -0.378 e. The van der Waals surface area contributed by atoms with Crippen molar-refractivity contribution in [3.8, 4) is 0 Å². The van der Waals surface area contributed by atoms with Crippen LogP contribution in [0.25, 0.3) is 0 Å². The molecular formula is C19H23N3O2S. The highest BCUT2D eigenvalue weighted by Crippen LogP contribution is 2.32. The van der Waals surface area contributed by atoms with E-state index in [0.29, 0.717) is 5.92 Å². The van der Waals surface area contributed by atoms with Gasteiger partial charge in [0.25, 0.3) is 5.91 Å². The summed E-state index contributed by atoms with van der Waals surface area (Å²) in [6.45, 7) is 6.72. The van der Waals surface area contributed by atoms with Crippen LogP contribution in [0.1, 0.15) is 33.3 Å². The number of hydrogen-bond acceptors (Lipinski definition) is 5. The first-order valence-electron chi connectivity index (χ1n) is 8.86. The summed E-state index contributed by atoms with van der Waals surface area (Å²) < 4.78 is 5.40. The second-order valence-electron chi connectivity index (χ2n) is 6.66. The fourth-order valence-corrected chi connectivity index (χ4v) is 4.64. The molecule has 0 radical (unpaired) electrons. The number of hydrogen-bond donors (Lipinski definition) is 0. The van der Waals surface area contributed by atoms with Crippen molar-refractivity contribution >= 4 is 22.4 Å². The van der Waals surface area contributed by atoms with Crippen LogP contribution in [0.15, 0.2) is 30.3 Å². The third-order valence-electron chi connectivity index (χ3n) is 5.01. The smallest absolute Gasteiger partial charge is 0.265 e. The molecule has 1 unspecified atom stereocenters. The van der Waals surface area contributed by atoms with Gasteiger partial charge >= 0.3 is 0 Å². The van der Waals surface area contributed by atoms with Crippen LogP contribution < -0.4 is 4.90 Å². The first kappa shape index (κ1) is 16.5. The van der Waals surface area contributed by atoms with Crippen LogP contribution >= 0.6 is 11.3 Å². The van der Waals surface area contributed by atoms with Gasteiger partial charge in [-0.15, -0.1) is 0 Å². The third-order valence-corrected chi connectivity index (χ3v) is 6.21. The molecule has 3 heterocycles. The Balaban J connectivity index is 1.47. The second kappa shape index (κ2) is 7.14. The maximum atomic E-state index is 13.0. The molecule has 0 bridgehead atoms. The van der Waals surface area contributed by atoms with Crippen LogP contribution in [-0.4, -0.2) is 55.2 Å². The van der Waals surface area contributed by atoms with E-state index in [-0.39, 0.29) is 5.91 Å². The van der Waals surface area contributed by atoms with Crippen molar-refractivity contribution in [2.45, 2.75) is 19.3 Å². The van der Waals surface area contributed by atoms with Gasteiger partial charge in [0.15, 0.2) is 5.13 Å². The third kappa shape index (κ3) is 3.41. The number of aryl methyl sites for hydroxylation is 1. The number of likely N-dealkylation sites (tertiary alicyclic amines) is 1. The minimum atomic E-state index is 0.132. The molecule has 6 heteroatoms. The normalized spacial score (nSPS) is 20.9. The molecule has 2 saturated heterocycles. The molecule has 1 aromatic heterocycles. The van der Waals surface area contributed by atoms with Gasteiger partial charge in [-0.2, -0.15) is 0 Å². The van der Waals surface area contributed by atoms with Gasteiger partial charge in [-0.1, -0.05) is 41.7 Å². The summed E-state index contributed by atoms with van der Waals surface area (Å²) in [5.41, 5.74) is 2.17. The summed E-state index contributed by atoms with van der Waals surface area (Å²) in [7, 11) is 0. The number of ether oxygens (including phenoxy) is 1. The van der Waals surface area contributed by atoms with Crippen molar-refractivity contribution in [3.63, 3.8) is 0 Å². The fourth-order valence-electron chi connectivity index (χ4n) is 3.56. The molecule has 0 N–H and O–H groups in total. The van der Waals surface area contributed by atoms with Crippen molar-refractivity contribution in [1.29, 1.82) is 0 Å². The fraction of sp³-hybridized carbons (Fsp3) is 0.474. The maximum Gasteiger partial charge on any atom is 0.265 e. The SMILES string of the molecule is Cc1nc(N2CCOCC2)sc1C(=O)N1CCC(c2ccccc2)C1.